The van der Waals surface area contributed by atoms with Crippen LogP contribution in [0.2, 0.25) is 0 Å². The van der Waals surface area contributed by atoms with E-state index in [2.05, 4.69) is 10.2 Å². The number of halogens is 1. The summed E-state index contributed by atoms with van der Waals surface area (Å²) in [6, 6.07) is 2.54. The number of nitrogens with zero attached hydrogens (tertiary/aromatic N) is 2. The molecule has 1 heterocycles. The van der Waals surface area contributed by atoms with Crippen molar-refractivity contribution in [2.75, 3.05) is 11.0 Å². The molecule has 11 heteroatoms. The highest BCUT2D eigenvalue weighted by Crippen LogP contribution is 2.22. The van der Waals surface area contributed by atoms with E-state index >= 15 is 0 Å². The Morgan fingerprint density at radius 2 is 1.95 bits per heavy atom. The maximum atomic E-state index is 13.6. The Bertz CT molecular complexity index is 831. The Labute approximate surface area is 118 Å². The van der Waals surface area contributed by atoms with Crippen molar-refractivity contribution in [2.45, 2.75) is 9.79 Å². The van der Waals surface area contributed by atoms with Crippen molar-refractivity contribution in [2.24, 2.45) is 0 Å². The summed E-state index contributed by atoms with van der Waals surface area (Å²) in [5.41, 5.74) is 1.29. The van der Waals surface area contributed by atoms with Crippen LogP contribution in [0.25, 0.3) is 0 Å². The molecule has 0 unspecified atom stereocenters. The van der Waals surface area contributed by atoms with Gasteiger partial charge in [-0.25, -0.2) is 21.2 Å². The van der Waals surface area contributed by atoms with Gasteiger partial charge in [0.15, 0.2) is 9.84 Å². The highest BCUT2D eigenvalue weighted by molar-refractivity contribution is 7.93. The highest BCUT2D eigenvalue weighted by atomic mass is 32.2. The zero-order valence-electron chi connectivity index (χ0n) is 9.94. The lowest BCUT2D eigenvalue weighted by atomic mass is 10.3. The molecule has 108 valence electrons. The van der Waals surface area contributed by atoms with Gasteiger partial charge in [-0.2, -0.15) is 0 Å². The van der Waals surface area contributed by atoms with Crippen molar-refractivity contribution in [1.82, 2.24) is 10.2 Å². The van der Waals surface area contributed by atoms with E-state index in [4.69, 9.17) is 0 Å². The molecule has 0 radical (unpaired) electrons. The molecule has 0 aliphatic heterocycles. The fourth-order valence-electron chi connectivity index (χ4n) is 1.31. The van der Waals surface area contributed by atoms with Crippen LogP contribution in [0.5, 0.6) is 0 Å². The molecule has 1 N–H and O–H groups in total. The maximum Gasteiger partial charge on any atom is 0.266 e. The standard InChI is InChI=1S/C9H8FN3O4S3/c1-19(14,15)6-2-3-7(10)8(4-6)20(16,17)13-9-12-11-5-18-9/h2-5H,1H3,(H,12,13). The van der Waals surface area contributed by atoms with Gasteiger partial charge in [0.1, 0.15) is 16.2 Å². The van der Waals surface area contributed by atoms with Crippen molar-refractivity contribution < 1.29 is 21.2 Å². The predicted octanol–water partition coefficient (Wildman–Crippen LogP) is 0.882. The fourth-order valence-corrected chi connectivity index (χ4v) is 3.83. The maximum absolute atomic E-state index is 13.6. The molecular weight excluding hydrogens is 329 g/mol. The van der Waals surface area contributed by atoms with E-state index in [0.717, 1.165) is 35.8 Å². The van der Waals surface area contributed by atoms with Crippen molar-refractivity contribution >= 4 is 36.3 Å². The third kappa shape index (κ3) is 3.11. The van der Waals surface area contributed by atoms with Gasteiger partial charge in [-0.1, -0.05) is 11.3 Å². The smallest absolute Gasteiger partial charge is 0.253 e. The van der Waals surface area contributed by atoms with Gasteiger partial charge < -0.3 is 0 Å². The van der Waals surface area contributed by atoms with Crippen LogP contribution in [0.3, 0.4) is 0 Å². The zero-order chi connectivity index (χ0) is 15.0. The normalized spacial score (nSPS) is 12.3. The Kier molecular flexibility index (Phi) is 3.75. The molecule has 0 saturated heterocycles. The van der Waals surface area contributed by atoms with Gasteiger partial charge in [0.2, 0.25) is 5.13 Å². The second-order valence-corrected chi connectivity index (χ2v) is 8.21. The van der Waals surface area contributed by atoms with E-state index in [1.165, 1.54) is 5.51 Å². The first-order valence-corrected chi connectivity index (χ1v) is 9.24. The molecule has 0 bridgehead atoms. The van der Waals surface area contributed by atoms with E-state index in [-0.39, 0.29) is 10.0 Å². The summed E-state index contributed by atoms with van der Waals surface area (Å²) in [6.45, 7) is 0. The minimum atomic E-state index is -4.28. The lowest BCUT2D eigenvalue weighted by Crippen LogP contribution is -2.15. The van der Waals surface area contributed by atoms with E-state index in [9.17, 15) is 21.2 Å². The molecular formula is C9H8FN3O4S3. The van der Waals surface area contributed by atoms with Crippen molar-refractivity contribution in [1.29, 1.82) is 0 Å². The SMILES string of the molecule is CS(=O)(=O)c1ccc(F)c(S(=O)(=O)Nc2nncs2)c1. The van der Waals surface area contributed by atoms with Gasteiger partial charge in [0.25, 0.3) is 10.0 Å². The summed E-state index contributed by atoms with van der Waals surface area (Å²) in [5, 5.41) is 6.85. The molecule has 0 spiro atoms. The first-order chi connectivity index (χ1) is 9.20. The topological polar surface area (TPSA) is 106 Å². The van der Waals surface area contributed by atoms with Gasteiger partial charge in [-0.15, -0.1) is 10.2 Å². The fraction of sp³-hybridized carbons (Fsp3) is 0.111. The largest absolute Gasteiger partial charge is 0.266 e. The predicted molar refractivity (Wildman–Crippen MR) is 70.2 cm³/mol. The lowest BCUT2D eigenvalue weighted by molar-refractivity contribution is 0.567. The molecule has 7 nitrogen and oxygen atoms in total. The summed E-state index contributed by atoms with van der Waals surface area (Å²) in [7, 11) is -7.93. The number of aromatic nitrogens is 2. The lowest BCUT2D eigenvalue weighted by Gasteiger charge is -2.07. The second kappa shape index (κ2) is 5.07. The summed E-state index contributed by atoms with van der Waals surface area (Å²) < 4.78 is 62.4. The second-order valence-electron chi connectivity index (χ2n) is 3.71. The van der Waals surface area contributed by atoms with Crippen molar-refractivity contribution in [3.05, 3.63) is 29.5 Å². The summed E-state index contributed by atoms with van der Waals surface area (Å²) >= 11 is 0.907. The molecule has 0 fully saturated rings. The third-order valence-corrected chi connectivity index (χ3v) is 5.40. The molecule has 2 rings (SSSR count). The number of hydrogen-bond acceptors (Lipinski definition) is 7. The van der Waals surface area contributed by atoms with Gasteiger partial charge in [0.05, 0.1) is 4.90 Å². The summed E-state index contributed by atoms with van der Waals surface area (Å²) in [6.07, 6.45) is 0.898. The number of benzene rings is 1. The molecule has 2 aromatic rings. The molecule has 0 amide bonds. The van der Waals surface area contributed by atoms with Crippen molar-refractivity contribution in [3.63, 3.8) is 0 Å². The molecule has 0 aliphatic carbocycles. The minimum absolute atomic E-state index is 0.0471. The summed E-state index contributed by atoms with van der Waals surface area (Å²) in [4.78, 5) is -1.06. The van der Waals surface area contributed by atoms with Crippen LogP contribution in [0.15, 0.2) is 33.5 Å². The van der Waals surface area contributed by atoms with Crippen LogP contribution in [0.4, 0.5) is 9.52 Å². The molecule has 1 aromatic carbocycles. The number of nitrogens with one attached hydrogen (secondary N) is 1. The zero-order valence-corrected chi connectivity index (χ0v) is 12.4. The Morgan fingerprint density at radius 1 is 1.25 bits per heavy atom. The Balaban J connectivity index is 2.51. The number of sulfonamides is 1. The number of sulfone groups is 1. The number of rotatable bonds is 4. The molecule has 20 heavy (non-hydrogen) atoms. The van der Waals surface area contributed by atoms with Gasteiger partial charge >= 0.3 is 0 Å². The Hall–Kier alpha value is -1.59. The van der Waals surface area contributed by atoms with E-state index < -0.39 is 30.6 Å². The average Bonchev–Trinajstić information content (AvgIpc) is 2.79. The van der Waals surface area contributed by atoms with Crippen LogP contribution in [-0.2, 0) is 19.9 Å². The third-order valence-electron chi connectivity index (χ3n) is 2.20. The average molecular weight is 337 g/mol. The number of hydrogen-bond donors (Lipinski definition) is 1. The van der Waals surface area contributed by atoms with Crippen LogP contribution in [0.1, 0.15) is 0 Å². The molecule has 0 aliphatic rings. The summed E-state index contributed by atoms with van der Waals surface area (Å²) in [5.74, 6) is -1.06. The Morgan fingerprint density at radius 3 is 2.50 bits per heavy atom. The number of anilines is 1. The van der Waals surface area contributed by atoms with Crippen LogP contribution >= 0.6 is 11.3 Å². The van der Waals surface area contributed by atoms with Gasteiger partial charge in [-0.05, 0) is 18.2 Å². The van der Waals surface area contributed by atoms with Crippen LogP contribution in [0, 0.1) is 5.82 Å². The van der Waals surface area contributed by atoms with E-state index in [1.807, 2.05) is 4.72 Å². The monoisotopic (exact) mass is 337 g/mol. The molecule has 1 aromatic heterocycles. The molecule has 0 saturated carbocycles. The van der Waals surface area contributed by atoms with Crippen LogP contribution < -0.4 is 4.72 Å². The van der Waals surface area contributed by atoms with Crippen LogP contribution in [-0.4, -0.2) is 33.3 Å². The quantitative estimate of drug-likeness (QED) is 0.830. The first kappa shape index (κ1) is 14.8. The van der Waals surface area contributed by atoms with E-state index in [0.29, 0.717) is 0 Å². The first-order valence-electron chi connectivity index (χ1n) is 4.99. The minimum Gasteiger partial charge on any atom is -0.253 e. The highest BCUT2D eigenvalue weighted by Gasteiger charge is 2.23. The molecule has 0 atom stereocenters. The van der Waals surface area contributed by atoms with Gasteiger partial charge in [-0.3, -0.25) is 4.72 Å². The van der Waals surface area contributed by atoms with Crippen molar-refractivity contribution in [3.8, 4) is 0 Å². The van der Waals surface area contributed by atoms with E-state index in [1.54, 1.807) is 0 Å². The van der Waals surface area contributed by atoms with Gasteiger partial charge in [0, 0.05) is 6.26 Å².